The smallest absolute Gasteiger partial charge is 0.150 e. The second-order valence-corrected chi connectivity index (χ2v) is 8.87. The van der Waals surface area contributed by atoms with Crippen LogP contribution < -0.4 is 0 Å². The molecule has 0 heterocycles. The predicted molar refractivity (Wildman–Crippen MR) is 94.5 cm³/mol. The molecule has 0 rings (SSSR count). The first-order valence-electron chi connectivity index (χ1n) is 9.19. The Bertz CT molecular complexity index is 296. The molecular weight excluding hydrogens is 280 g/mol. The normalized spacial score (nSPS) is 15.0. The summed E-state index contributed by atoms with van der Waals surface area (Å²) in [5, 5.41) is 0. The molecule has 2 nitrogen and oxygen atoms in total. The van der Waals surface area contributed by atoms with E-state index in [0.717, 1.165) is 25.7 Å². The Morgan fingerprint density at radius 3 is 1.33 bits per heavy atom. The highest BCUT2D eigenvalue weighted by molar-refractivity contribution is 7.91. The van der Waals surface area contributed by atoms with Crippen LogP contribution in [0.3, 0.4) is 0 Å². The number of hydrogen-bond donors (Lipinski definition) is 0. The van der Waals surface area contributed by atoms with Crippen molar-refractivity contribution in [1.29, 1.82) is 0 Å². The fraction of sp³-hybridized carbons (Fsp3) is 1.00. The lowest BCUT2D eigenvalue weighted by atomic mass is 9.97. The first-order chi connectivity index (χ1) is 9.99. The molecule has 0 aromatic carbocycles. The second-order valence-electron chi connectivity index (χ2n) is 6.56. The molecule has 0 spiro atoms. The molecular formula is C18H38O2S. The van der Waals surface area contributed by atoms with E-state index in [0.29, 0.717) is 23.3 Å². The standard InChI is InChI=1S/C18H38O2S/c1-5-9-11-17(7-3)13-15-21(19,20)16-14-18(8-4)12-10-6-2/h17-18H,5-16H2,1-4H3. The van der Waals surface area contributed by atoms with Crippen molar-refractivity contribution in [2.24, 2.45) is 11.8 Å². The van der Waals surface area contributed by atoms with Gasteiger partial charge in [0.1, 0.15) is 9.84 Å². The quantitative estimate of drug-likeness (QED) is 0.417. The minimum Gasteiger partial charge on any atom is -0.229 e. The maximum Gasteiger partial charge on any atom is 0.150 e. The van der Waals surface area contributed by atoms with Gasteiger partial charge in [0.15, 0.2) is 0 Å². The molecule has 0 aromatic heterocycles. The molecule has 0 amide bonds. The van der Waals surface area contributed by atoms with Crippen LogP contribution in [0.5, 0.6) is 0 Å². The molecule has 128 valence electrons. The van der Waals surface area contributed by atoms with Crippen LogP contribution in [0.1, 0.15) is 91.9 Å². The van der Waals surface area contributed by atoms with E-state index in [2.05, 4.69) is 27.7 Å². The lowest BCUT2D eigenvalue weighted by molar-refractivity contribution is 0.429. The molecule has 0 bridgehead atoms. The SMILES string of the molecule is CCCCC(CC)CCS(=O)(=O)CCC(CC)CCCC. The predicted octanol–water partition coefficient (Wildman–Crippen LogP) is 5.61. The van der Waals surface area contributed by atoms with Crippen molar-refractivity contribution in [3.63, 3.8) is 0 Å². The van der Waals surface area contributed by atoms with Crippen molar-refractivity contribution in [2.45, 2.75) is 91.9 Å². The molecule has 0 aliphatic heterocycles. The third kappa shape index (κ3) is 11.2. The van der Waals surface area contributed by atoms with E-state index >= 15 is 0 Å². The van der Waals surface area contributed by atoms with Crippen molar-refractivity contribution < 1.29 is 8.42 Å². The van der Waals surface area contributed by atoms with Crippen LogP contribution >= 0.6 is 0 Å². The fourth-order valence-corrected chi connectivity index (χ4v) is 4.47. The molecule has 0 aromatic rings. The van der Waals surface area contributed by atoms with Crippen LogP contribution in [-0.4, -0.2) is 19.9 Å². The lowest BCUT2D eigenvalue weighted by Crippen LogP contribution is -2.17. The van der Waals surface area contributed by atoms with Gasteiger partial charge in [-0.1, -0.05) is 79.1 Å². The average molecular weight is 319 g/mol. The molecule has 0 fully saturated rings. The van der Waals surface area contributed by atoms with E-state index in [-0.39, 0.29) is 0 Å². The minimum absolute atomic E-state index is 0.402. The largest absolute Gasteiger partial charge is 0.229 e. The monoisotopic (exact) mass is 318 g/mol. The van der Waals surface area contributed by atoms with Gasteiger partial charge in [-0.2, -0.15) is 0 Å². The zero-order valence-corrected chi connectivity index (χ0v) is 15.7. The van der Waals surface area contributed by atoms with Crippen LogP contribution in [0, 0.1) is 11.8 Å². The van der Waals surface area contributed by atoms with Gasteiger partial charge in [-0.3, -0.25) is 0 Å². The van der Waals surface area contributed by atoms with Gasteiger partial charge in [0.05, 0.1) is 11.5 Å². The van der Waals surface area contributed by atoms with Gasteiger partial charge in [-0.25, -0.2) is 8.42 Å². The summed E-state index contributed by atoms with van der Waals surface area (Å²) in [4.78, 5) is 0. The Balaban J connectivity index is 4.11. The summed E-state index contributed by atoms with van der Waals surface area (Å²) in [6.07, 6.45) is 11.2. The van der Waals surface area contributed by atoms with Gasteiger partial charge in [0.25, 0.3) is 0 Å². The number of sulfone groups is 1. The Hall–Kier alpha value is -0.0500. The summed E-state index contributed by atoms with van der Waals surface area (Å²) in [6.45, 7) is 8.77. The summed E-state index contributed by atoms with van der Waals surface area (Å²) >= 11 is 0. The summed E-state index contributed by atoms with van der Waals surface area (Å²) < 4.78 is 24.4. The molecule has 0 aliphatic carbocycles. The zero-order valence-electron chi connectivity index (χ0n) is 14.9. The van der Waals surface area contributed by atoms with Crippen LogP contribution in [0.2, 0.25) is 0 Å². The zero-order chi connectivity index (χ0) is 16.1. The highest BCUT2D eigenvalue weighted by Gasteiger charge is 2.17. The molecule has 0 saturated carbocycles. The van der Waals surface area contributed by atoms with Gasteiger partial charge in [-0.15, -0.1) is 0 Å². The van der Waals surface area contributed by atoms with Crippen molar-refractivity contribution in [2.75, 3.05) is 11.5 Å². The first kappa shape index (κ1) is 20.9. The summed E-state index contributed by atoms with van der Waals surface area (Å²) in [5.74, 6) is 2.00. The van der Waals surface area contributed by atoms with E-state index in [4.69, 9.17) is 0 Å². The summed E-state index contributed by atoms with van der Waals surface area (Å²) in [6, 6.07) is 0. The Morgan fingerprint density at radius 2 is 1.05 bits per heavy atom. The topological polar surface area (TPSA) is 34.1 Å². The van der Waals surface area contributed by atoms with Crippen molar-refractivity contribution >= 4 is 9.84 Å². The second kappa shape index (κ2) is 12.5. The Kier molecular flexibility index (Phi) is 12.5. The molecule has 0 N–H and O–H groups in total. The molecule has 0 aliphatic rings. The van der Waals surface area contributed by atoms with E-state index in [1.165, 1.54) is 38.5 Å². The van der Waals surface area contributed by atoms with Gasteiger partial charge >= 0.3 is 0 Å². The third-order valence-corrected chi connectivity index (χ3v) is 6.48. The number of rotatable bonds is 14. The maximum atomic E-state index is 12.2. The highest BCUT2D eigenvalue weighted by Crippen LogP contribution is 2.20. The van der Waals surface area contributed by atoms with Crippen molar-refractivity contribution in [3.05, 3.63) is 0 Å². The van der Waals surface area contributed by atoms with Gasteiger partial charge in [-0.05, 0) is 24.7 Å². The molecule has 3 heteroatoms. The minimum atomic E-state index is -2.84. The van der Waals surface area contributed by atoms with Crippen LogP contribution in [0.15, 0.2) is 0 Å². The molecule has 2 atom stereocenters. The molecule has 2 unspecified atom stereocenters. The average Bonchev–Trinajstić information content (AvgIpc) is 2.47. The molecule has 0 radical (unpaired) electrons. The van der Waals surface area contributed by atoms with E-state index in [1.807, 2.05) is 0 Å². The number of hydrogen-bond acceptors (Lipinski definition) is 2. The Labute approximate surface area is 134 Å². The lowest BCUT2D eigenvalue weighted by Gasteiger charge is -2.16. The summed E-state index contributed by atoms with van der Waals surface area (Å²) in [7, 11) is -2.84. The van der Waals surface area contributed by atoms with Crippen LogP contribution in [-0.2, 0) is 9.84 Å². The fourth-order valence-electron chi connectivity index (χ4n) is 2.89. The van der Waals surface area contributed by atoms with E-state index in [9.17, 15) is 8.42 Å². The van der Waals surface area contributed by atoms with Gasteiger partial charge in [0, 0.05) is 0 Å². The maximum absolute atomic E-state index is 12.2. The molecule has 0 saturated heterocycles. The van der Waals surface area contributed by atoms with E-state index in [1.54, 1.807) is 0 Å². The van der Waals surface area contributed by atoms with Crippen molar-refractivity contribution in [3.8, 4) is 0 Å². The molecule has 21 heavy (non-hydrogen) atoms. The van der Waals surface area contributed by atoms with Crippen molar-refractivity contribution in [1.82, 2.24) is 0 Å². The van der Waals surface area contributed by atoms with Crippen LogP contribution in [0.4, 0.5) is 0 Å². The Morgan fingerprint density at radius 1 is 0.667 bits per heavy atom. The third-order valence-electron chi connectivity index (χ3n) is 4.76. The first-order valence-corrected chi connectivity index (χ1v) is 11.0. The number of unbranched alkanes of at least 4 members (excludes halogenated alkanes) is 2. The van der Waals surface area contributed by atoms with Crippen LogP contribution in [0.25, 0.3) is 0 Å². The summed E-state index contributed by atoms with van der Waals surface area (Å²) in [5.41, 5.74) is 0. The van der Waals surface area contributed by atoms with E-state index < -0.39 is 9.84 Å². The van der Waals surface area contributed by atoms with Gasteiger partial charge in [0.2, 0.25) is 0 Å². The highest BCUT2D eigenvalue weighted by atomic mass is 32.2. The van der Waals surface area contributed by atoms with Gasteiger partial charge < -0.3 is 0 Å².